The molecular weight excluding hydrogens is 551 g/mol. The van der Waals surface area contributed by atoms with Gasteiger partial charge in [-0.05, 0) is 48.2 Å². The largest absolute Gasteiger partial charge is 0.377 e. The van der Waals surface area contributed by atoms with Crippen LogP contribution in [0.25, 0.3) is 0 Å². The van der Waals surface area contributed by atoms with Gasteiger partial charge in [0.15, 0.2) is 6.35 Å². The first-order valence-corrected chi connectivity index (χ1v) is 15.6. The molecule has 0 aromatic heterocycles. The van der Waals surface area contributed by atoms with Gasteiger partial charge in [0.2, 0.25) is 0 Å². The van der Waals surface area contributed by atoms with Gasteiger partial charge in [-0.15, -0.1) is 0 Å². The average molecular weight is 583 g/mol. The van der Waals surface area contributed by atoms with Crippen molar-refractivity contribution in [2.24, 2.45) is 0 Å². The second-order valence-corrected chi connectivity index (χ2v) is 12.3. The van der Waals surface area contributed by atoms with Crippen molar-refractivity contribution in [2.45, 2.75) is 31.0 Å². The van der Waals surface area contributed by atoms with Crippen LogP contribution in [-0.2, 0) is 50.6 Å². The van der Waals surface area contributed by atoms with Gasteiger partial charge in [0.1, 0.15) is 0 Å². The Kier molecular flexibility index (Phi) is 12.9. The molecule has 0 bridgehead atoms. The molecule has 8 nitrogen and oxygen atoms in total. The normalized spacial score (nSPS) is 12.0. The lowest BCUT2D eigenvalue weighted by molar-refractivity contribution is 0.0928. The van der Waals surface area contributed by atoms with Crippen LogP contribution in [0.4, 0.5) is 0 Å². The van der Waals surface area contributed by atoms with E-state index in [9.17, 15) is 13.0 Å². The van der Waals surface area contributed by atoms with E-state index in [4.69, 9.17) is 34.3 Å². The highest BCUT2D eigenvalue weighted by atomic mass is 35.5. The minimum Gasteiger partial charge on any atom is -0.377 e. The molecule has 3 aromatic carbocycles. The van der Waals surface area contributed by atoms with Crippen molar-refractivity contribution in [3.05, 3.63) is 101 Å². The molecule has 0 aliphatic carbocycles. The van der Waals surface area contributed by atoms with E-state index in [2.05, 4.69) is 0 Å². The lowest BCUT2D eigenvalue weighted by atomic mass is 10.2. The standard InChI is InChI=1S/C27H32ClO8PS/c28-26-13-15-27(16-14-26)38(30,31)36-23-37(29,34-19-7-17-32-21-24-9-3-1-4-10-24)35-20-8-18-33-22-25-11-5-2-6-12-25/h1-6,9-16H,7-8,17-23H2. The number of benzene rings is 3. The Morgan fingerprint density at radius 2 is 1.13 bits per heavy atom. The molecule has 0 unspecified atom stereocenters. The molecule has 3 aromatic rings. The van der Waals surface area contributed by atoms with E-state index in [1.807, 2.05) is 60.7 Å². The fourth-order valence-corrected chi connectivity index (χ4v) is 6.01. The Hall–Kier alpha value is -2.07. The van der Waals surface area contributed by atoms with Crippen LogP contribution in [0.1, 0.15) is 24.0 Å². The van der Waals surface area contributed by atoms with E-state index in [1.54, 1.807) is 0 Å². The van der Waals surface area contributed by atoms with Gasteiger partial charge < -0.3 is 18.5 Å². The molecule has 0 amide bonds. The monoisotopic (exact) mass is 582 g/mol. The predicted octanol–water partition coefficient (Wildman–Crippen LogP) is 6.44. The molecule has 0 N–H and O–H groups in total. The van der Waals surface area contributed by atoms with Crippen molar-refractivity contribution in [3.63, 3.8) is 0 Å². The smallest absolute Gasteiger partial charge is 0.357 e. The molecule has 3 rings (SSSR count). The maximum Gasteiger partial charge on any atom is 0.357 e. The summed E-state index contributed by atoms with van der Waals surface area (Å²) in [5, 5.41) is 0.380. The number of hydrogen-bond donors (Lipinski definition) is 0. The van der Waals surface area contributed by atoms with Gasteiger partial charge in [0, 0.05) is 18.2 Å². The van der Waals surface area contributed by atoms with Gasteiger partial charge in [-0.25, -0.2) is 0 Å². The molecule has 0 fully saturated rings. The summed E-state index contributed by atoms with van der Waals surface area (Å²) in [7, 11) is -8.09. The van der Waals surface area contributed by atoms with Crippen LogP contribution < -0.4 is 0 Å². The van der Waals surface area contributed by atoms with Gasteiger partial charge in [0.25, 0.3) is 10.1 Å². The zero-order valence-electron chi connectivity index (χ0n) is 20.9. The molecule has 206 valence electrons. The Morgan fingerprint density at radius 3 is 1.61 bits per heavy atom. The highest BCUT2D eigenvalue weighted by molar-refractivity contribution is 7.87. The van der Waals surface area contributed by atoms with Crippen molar-refractivity contribution in [1.82, 2.24) is 0 Å². The molecule has 0 heterocycles. The molecule has 0 saturated heterocycles. The van der Waals surface area contributed by atoms with E-state index < -0.39 is 24.1 Å². The molecule has 0 aliphatic rings. The van der Waals surface area contributed by atoms with Crippen molar-refractivity contribution in [1.29, 1.82) is 0 Å². The number of halogens is 1. The molecule has 0 aliphatic heterocycles. The van der Waals surface area contributed by atoms with E-state index in [0.29, 0.717) is 44.3 Å². The topological polar surface area (TPSA) is 97.4 Å². The lowest BCUT2D eigenvalue weighted by Gasteiger charge is -2.19. The van der Waals surface area contributed by atoms with E-state index in [1.165, 1.54) is 24.3 Å². The minimum atomic E-state index is -4.19. The van der Waals surface area contributed by atoms with Crippen LogP contribution in [-0.4, -0.2) is 41.2 Å². The first-order valence-electron chi connectivity index (χ1n) is 12.1. The zero-order chi connectivity index (χ0) is 27.1. The zero-order valence-corrected chi connectivity index (χ0v) is 23.4. The first-order chi connectivity index (χ1) is 18.4. The van der Waals surface area contributed by atoms with Crippen molar-refractivity contribution in [2.75, 3.05) is 32.8 Å². The predicted molar refractivity (Wildman–Crippen MR) is 146 cm³/mol. The van der Waals surface area contributed by atoms with E-state index >= 15 is 0 Å². The SMILES string of the molecule is O=P(COS(=O)(=O)c1ccc(Cl)cc1)(OCCCOCc1ccccc1)OCCCOCc1ccccc1. The summed E-state index contributed by atoms with van der Waals surface area (Å²) in [6.45, 7) is 1.71. The third kappa shape index (κ3) is 11.4. The summed E-state index contributed by atoms with van der Waals surface area (Å²) in [6, 6.07) is 24.9. The fourth-order valence-electron chi connectivity index (χ4n) is 3.17. The van der Waals surface area contributed by atoms with Crippen LogP contribution >= 0.6 is 19.2 Å². The second-order valence-electron chi connectivity index (χ2n) is 8.22. The van der Waals surface area contributed by atoms with Crippen molar-refractivity contribution < 1.29 is 35.7 Å². The summed E-state index contributed by atoms with van der Waals surface area (Å²) in [5.41, 5.74) is 2.08. The highest BCUT2D eigenvalue weighted by Gasteiger charge is 2.29. The van der Waals surface area contributed by atoms with E-state index in [-0.39, 0.29) is 18.1 Å². The summed E-state index contributed by atoms with van der Waals surface area (Å²) < 4.78 is 65.7. The van der Waals surface area contributed by atoms with Crippen LogP contribution in [0.15, 0.2) is 89.8 Å². The Balaban J connectivity index is 1.46. The molecule has 0 atom stereocenters. The maximum atomic E-state index is 13.3. The van der Waals surface area contributed by atoms with Gasteiger partial charge in [0.05, 0.1) is 31.3 Å². The third-order valence-corrected chi connectivity index (χ3v) is 8.43. The number of hydrogen-bond acceptors (Lipinski definition) is 8. The van der Waals surface area contributed by atoms with Crippen LogP contribution in [0, 0.1) is 0 Å². The maximum absolute atomic E-state index is 13.3. The molecule has 0 spiro atoms. The first kappa shape index (κ1) is 30.5. The Labute approximate surface area is 229 Å². The summed E-state index contributed by atoms with van der Waals surface area (Å²) in [4.78, 5) is -0.114. The third-order valence-electron chi connectivity index (χ3n) is 5.13. The van der Waals surface area contributed by atoms with Gasteiger partial charge in [-0.1, -0.05) is 72.3 Å². The van der Waals surface area contributed by atoms with Gasteiger partial charge in [-0.2, -0.15) is 8.42 Å². The second kappa shape index (κ2) is 16.1. The van der Waals surface area contributed by atoms with E-state index in [0.717, 1.165) is 11.1 Å². The van der Waals surface area contributed by atoms with Gasteiger partial charge in [-0.3, -0.25) is 8.75 Å². The molecule has 0 radical (unpaired) electrons. The van der Waals surface area contributed by atoms with Crippen molar-refractivity contribution >= 4 is 29.3 Å². The summed E-state index contributed by atoms with van der Waals surface area (Å²) in [5.74, 6) is 0. The summed E-state index contributed by atoms with van der Waals surface area (Å²) in [6.07, 6.45) is 0.113. The lowest BCUT2D eigenvalue weighted by Crippen LogP contribution is -2.12. The molecule has 38 heavy (non-hydrogen) atoms. The summed E-state index contributed by atoms with van der Waals surface area (Å²) >= 11 is 5.83. The number of ether oxygens (including phenoxy) is 2. The Bertz CT molecular complexity index is 1170. The number of rotatable bonds is 18. The molecular formula is C27H32ClO8PS. The van der Waals surface area contributed by atoms with Crippen LogP contribution in [0.3, 0.4) is 0 Å². The molecule has 11 heteroatoms. The molecule has 0 saturated carbocycles. The quantitative estimate of drug-likeness (QED) is 0.0960. The Morgan fingerprint density at radius 1 is 0.658 bits per heavy atom. The highest BCUT2D eigenvalue weighted by Crippen LogP contribution is 2.49. The van der Waals surface area contributed by atoms with Crippen LogP contribution in [0.2, 0.25) is 5.02 Å². The van der Waals surface area contributed by atoms with Crippen molar-refractivity contribution in [3.8, 4) is 0 Å². The minimum absolute atomic E-state index is 0.0426. The van der Waals surface area contributed by atoms with Crippen LogP contribution in [0.5, 0.6) is 0 Å². The average Bonchev–Trinajstić information content (AvgIpc) is 2.93. The fraction of sp³-hybridized carbons (Fsp3) is 0.333. The van der Waals surface area contributed by atoms with Gasteiger partial charge >= 0.3 is 7.60 Å².